The molecule has 0 fully saturated rings. The molecule has 0 saturated carbocycles. The van der Waals surface area contributed by atoms with Gasteiger partial charge in [0.15, 0.2) is 0 Å². The Morgan fingerprint density at radius 1 is 1.42 bits per heavy atom. The fraction of sp³-hybridized carbons (Fsp3) is 0.500. The molecule has 1 aliphatic heterocycles. The van der Waals surface area contributed by atoms with Crippen LogP contribution in [0, 0.1) is 6.92 Å². The first-order valence-corrected chi connectivity index (χ1v) is 4.32. The predicted octanol–water partition coefficient (Wildman–Crippen LogP) is 2.09. The number of hydrogen-bond donors (Lipinski definition) is 1. The first-order valence-electron chi connectivity index (χ1n) is 4.32. The van der Waals surface area contributed by atoms with Gasteiger partial charge >= 0.3 is 0 Å². The summed E-state index contributed by atoms with van der Waals surface area (Å²) in [6.07, 6.45) is 0. The van der Waals surface area contributed by atoms with Crippen molar-refractivity contribution in [3.05, 3.63) is 23.4 Å². The number of anilines is 1. The monoisotopic (exact) mass is 162 g/mol. The van der Waals surface area contributed by atoms with Gasteiger partial charge in [0, 0.05) is 23.2 Å². The Morgan fingerprint density at radius 2 is 2.17 bits per heavy atom. The molecule has 2 heteroatoms. The van der Waals surface area contributed by atoms with Gasteiger partial charge in [0.25, 0.3) is 0 Å². The average molecular weight is 162 g/mol. The van der Waals surface area contributed by atoms with E-state index < -0.39 is 0 Å². The molecule has 0 unspecified atom stereocenters. The highest BCUT2D eigenvalue weighted by Crippen LogP contribution is 2.34. The van der Waals surface area contributed by atoms with Crippen LogP contribution in [0.25, 0.3) is 0 Å². The topological polar surface area (TPSA) is 24.9 Å². The van der Waals surface area contributed by atoms with E-state index in [2.05, 4.69) is 36.3 Å². The molecule has 2 nitrogen and oxygen atoms in total. The van der Waals surface area contributed by atoms with Crippen LogP contribution >= 0.6 is 0 Å². The van der Waals surface area contributed by atoms with E-state index in [1.807, 2.05) is 6.92 Å². The first-order chi connectivity index (χ1) is 5.59. The normalized spacial score (nSPS) is 18.6. The van der Waals surface area contributed by atoms with Gasteiger partial charge < -0.3 is 5.32 Å². The molecule has 1 aromatic heterocycles. The minimum absolute atomic E-state index is 0.246. The molecule has 0 spiro atoms. The molecule has 0 saturated heterocycles. The minimum Gasteiger partial charge on any atom is -0.369 e. The van der Waals surface area contributed by atoms with Crippen LogP contribution < -0.4 is 5.32 Å². The Hall–Kier alpha value is -1.05. The lowest BCUT2D eigenvalue weighted by Crippen LogP contribution is -2.18. The number of pyridine rings is 1. The van der Waals surface area contributed by atoms with Gasteiger partial charge in [0.1, 0.15) is 5.82 Å². The van der Waals surface area contributed by atoms with Crippen molar-refractivity contribution in [1.82, 2.24) is 4.98 Å². The van der Waals surface area contributed by atoms with Crippen molar-refractivity contribution in [3.8, 4) is 0 Å². The third kappa shape index (κ3) is 0.986. The summed E-state index contributed by atoms with van der Waals surface area (Å²) in [6.45, 7) is 7.50. The summed E-state index contributed by atoms with van der Waals surface area (Å²) < 4.78 is 0. The molecular weight excluding hydrogens is 148 g/mol. The van der Waals surface area contributed by atoms with Gasteiger partial charge in [-0.25, -0.2) is 4.98 Å². The summed E-state index contributed by atoms with van der Waals surface area (Å²) in [6, 6.07) is 4.26. The molecule has 2 heterocycles. The lowest BCUT2D eigenvalue weighted by molar-refractivity contribution is 0.586. The Kier molecular flexibility index (Phi) is 1.40. The molecule has 0 aliphatic carbocycles. The van der Waals surface area contributed by atoms with Crippen molar-refractivity contribution in [3.63, 3.8) is 0 Å². The van der Waals surface area contributed by atoms with Crippen molar-refractivity contribution in [2.45, 2.75) is 26.2 Å². The summed E-state index contributed by atoms with van der Waals surface area (Å²) in [5.74, 6) is 1.07. The Balaban J connectivity index is 2.55. The molecule has 0 bridgehead atoms. The zero-order valence-corrected chi connectivity index (χ0v) is 7.81. The van der Waals surface area contributed by atoms with Crippen molar-refractivity contribution >= 4 is 5.82 Å². The molecule has 12 heavy (non-hydrogen) atoms. The zero-order chi connectivity index (χ0) is 8.77. The van der Waals surface area contributed by atoms with Gasteiger partial charge in [0.05, 0.1) is 0 Å². The lowest BCUT2D eigenvalue weighted by atomic mass is 9.88. The zero-order valence-electron chi connectivity index (χ0n) is 7.81. The second kappa shape index (κ2) is 2.22. The van der Waals surface area contributed by atoms with E-state index in [-0.39, 0.29) is 5.41 Å². The van der Waals surface area contributed by atoms with Gasteiger partial charge in [-0.2, -0.15) is 0 Å². The van der Waals surface area contributed by atoms with E-state index in [0.29, 0.717) is 0 Å². The number of rotatable bonds is 0. The third-order valence-electron chi connectivity index (χ3n) is 2.46. The average Bonchev–Trinajstić information content (AvgIpc) is 2.27. The smallest absolute Gasteiger partial charge is 0.130 e. The quantitative estimate of drug-likeness (QED) is 0.632. The van der Waals surface area contributed by atoms with Crippen molar-refractivity contribution in [1.29, 1.82) is 0 Å². The van der Waals surface area contributed by atoms with Gasteiger partial charge in [0.2, 0.25) is 0 Å². The van der Waals surface area contributed by atoms with Crippen LogP contribution in [0.2, 0.25) is 0 Å². The highest BCUT2D eigenvalue weighted by molar-refractivity contribution is 5.54. The number of aryl methyl sites for hydroxylation is 1. The van der Waals surface area contributed by atoms with E-state index in [1.165, 1.54) is 5.56 Å². The van der Waals surface area contributed by atoms with Crippen LogP contribution in [0.5, 0.6) is 0 Å². The maximum absolute atomic E-state index is 4.44. The van der Waals surface area contributed by atoms with E-state index in [1.54, 1.807) is 0 Å². The molecule has 2 rings (SSSR count). The standard InChI is InChI=1S/C10H14N2/c1-7-4-5-8-9(12-7)11-6-10(8,2)3/h4-5H,6H2,1-3H3,(H,11,12). The first kappa shape index (κ1) is 7.59. The van der Waals surface area contributed by atoms with Crippen LogP contribution in [0.1, 0.15) is 25.1 Å². The number of aromatic nitrogens is 1. The van der Waals surface area contributed by atoms with Crippen LogP contribution in [0.3, 0.4) is 0 Å². The highest BCUT2D eigenvalue weighted by atomic mass is 15.0. The fourth-order valence-electron chi connectivity index (χ4n) is 1.64. The number of fused-ring (bicyclic) bond motifs is 1. The van der Waals surface area contributed by atoms with Crippen LogP contribution in [-0.2, 0) is 5.41 Å². The van der Waals surface area contributed by atoms with E-state index in [0.717, 1.165) is 18.1 Å². The summed E-state index contributed by atoms with van der Waals surface area (Å²) >= 11 is 0. The van der Waals surface area contributed by atoms with Gasteiger partial charge in [-0.1, -0.05) is 19.9 Å². The Bertz CT molecular complexity index is 316. The summed E-state index contributed by atoms with van der Waals surface area (Å²) in [7, 11) is 0. The molecule has 64 valence electrons. The second-order valence-electron chi connectivity index (χ2n) is 4.09. The third-order valence-corrected chi connectivity index (χ3v) is 2.46. The van der Waals surface area contributed by atoms with Gasteiger partial charge in [-0.05, 0) is 13.0 Å². The Labute approximate surface area is 73.0 Å². The predicted molar refractivity (Wildman–Crippen MR) is 50.5 cm³/mol. The molecule has 0 amide bonds. The summed E-state index contributed by atoms with van der Waals surface area (Å²) in [5, 5.41) is 3.32. The number of nitrogens with zero attached hydrogens (tertiary/aromatic N) is 1. The fourth-order valence-corrected chi connectivity index (χ4v) is 1.64. The van der Waals surface area contributed by atoms with Crippen molar-refractivity contribution in [2.75, 3.05) is 11.9 Å². The number of nitrogens with one attached hydrogen (secondary N) is 1. The van der Waals surface area contributed by atoms with Crippen LogP contribution in [-0.4, -0.2) is 11.5 Å². The Morgan fingerprint density at radius 3 is 2.92 bits per heavy atom. The molecular formula is C10H14N2. The van der Waals surface area contributed by atoms with Gasteiger partial charge in [-0.15, -0.1) is 0 Å². The van der Waals surface area contributed by atoms with Crippen molar-refractivity contribution in [2.24, 2.45) is 0 Å². The van der Waals surface area contributed by atoms with Crippen LogP contribution in [0.4, 0.5) is 5.82 Å². The molecule has 0 aromatic carbocycles. The molecule has 1 N–H and O–H groups in total. The maximum Gasteiger partial charge on any atom is 0.130 e. The molecule has 1 aliphatic rings. The number of hydrogen-bond acceptors (Lipinski definition) is 2. The lowest BCUT2D eigenvalue weighted by Gasteiger charge is -2.16. The van der Waals surface area contributed by atoms with E-state index >= 15 is 0 Å². The van der Waals surface area contributed by atoms with Crippen LogP contribution in [0.15, 0.2) is 12.1 Å². The van der Waals surface area contributed by atoms with Crippen molar-refractivity contribution < 1.29 is 0 Å². The summed E-state index contributed by atoms with van der Waals surface area (Å²) in [5.41, 5.74) is 2.67. The maximum atomic E-state index is 4.44. The highest BCUT2D eigenvalue weighted by Gasteiger charge is 2.30. The minimum atomic E-state index is 0.246. The molecule has 0 atom stereocenters. The summed E-state index contributed by atoms with van der Waals surface area (Å²) in [4.78, 5) is 4.44. The molecule has 1 aromatic rings. The van der Waals surface area contributed by atoms with E-state index in [9.17, 15) is 0 Å². The van der Waals surface area contributed by atoms with E-state index in [4.69, 9.17) is 0 Å². The SMILES string of the molecule is Cc1ccc2c(n1)NCC2(C)C. The second-order valence-corrected chi connectivity index (χ2v) is 4.09. The van der Waals surface area contributed by atoms with Gasteiger partial charge in [-0.3, -0.25) is 0 Å². The largest absolute Gasteiger partial charge is 0.369 e. The molecule has 0 radical (unpaired) electrons.